The van der Waals surface area contributed by atoms with E-state index in [-0.39, 0.29) is 0 Å². The van der Waals surface area contributed by atoms with Crippen molar-refractivity contribution in [3.63, 3.8) is 0 Å². The van der Waals surface area contributed by atoms with E-state index in [1.165, 1.54) is 12.0 Å². The van der Waals surface area contributed by atoms with Crippen LogP contribution in [-0.4, -0.2) is 12.5 Å². The third-order valence-electron chi connectivity index (χ3n) is 3.77. The van der Waals surface area contributed by atoms with Crippen molar-refractivity contribution in [2.75, 3.05) is 6.54 Å². The van der Waals surface area contributed by atoms with Gasteiger partial charge in [0, 0.05) is 12.1 Å². The Morgan fingerprint density at radius 2 is 1.83 bits per heavy atom. The smallest absolute Gasteiger partial charge is 0.248 e. The monoisotopic (exact) mass is 326 g/mol. The number of primary amides is 1. The second-order valence-corrected chi connectivity index (χ2v) is 6.36. The van der Waals surface area contributed by atoms with E-state index in [0.717, 1.165) is 24.6 Å². The maximum absolute atomic E-state index is 11.2. The Morgan fingerprint density at radius 1 is 1.12 bits per heavy atom. The van der Waals surface area contributed by atoms with Gasteiger partial charge in [0.25, 0.3) is 0 Å². The second-order valence-electron chi connectivity index (χ2n) is 6.36. The molecule has 2 aromatic carbocycles. The molecule has 1 amide bonds. The summed E-state index contributed by atoms with van der Waals surface area (Å²) in [6.45, 7) is 6.85. The maximum Gasteiger partial charge on any atom is 0.248 e. The van der Waals surface area contributed by atoms with Crippen molar-refractivity contribution >= 4 is 5.91 Å². The van der Waals surface area contributed by atoms with Crippen LogP contribution in [0.2, 0.25) is 0 Å². The van der Waals surface area contributed by atoms with E-state index < -0.39 is 5.91 Å². The molecule has 0 saturated carbocycles. The number of carbonyl (C=O) groups excluding carboxylic acids is 1. The van der Waals surface area contributed by atoms with Gasteiger partial charge in [-0.2, -0.15) is 0 Å². The van der Waals surface area contributed by atoms with Crippen LogP contribution in [-0.2, 0) is 13.2 Å². The normalized spacial score (nSPS) is 10.8. The maximum atomic E-state index is 11.2. The van der Waals surface area contributed by atoms with E-state index in [1.807, 2.05) is 6.07 Å². The lowest BCUT2D eigenvalue weighted by molar-refractivity contribution is 0.1000. The van der Waals surface area contributed by atoms with Gasteiger partial charge in [0.1, 0.15) is 12.4 Å². The zero-order chi connectivity index (χ0) is 17.4. The van der Waals surface area contributed by atoms with Crippen LogP contribution in [0.25, 0.3) is 0 Å². The van der Waals surface area contributed by atoms with Gasteiger partial charge in [-0.25, -0.2) is 0 Å². The number of nitrogens with one attached hydrogen (secondary N) is 1. The Labute approximate surface area is 144 Å². The summed E-state index contributed by atoms with van der Waals surface area (Å²) in [6.07, 6.45) is 1.19. The van der Waals surface area contributed by atoms with Crippen molar-refractivity contribution in [2.24, 2.45) is 11.7 Å². The van der Waals surface area contributed by atoms with Gasteiger partial charge in [0.15, 0.2) is 0 Å². The number of hydrogen-bond acceptors (Lipinski definition) is 3. The minimum atomic E-state index is -0.449. The van der Waals surface area contributed by atoms with E-state index in [4.69, 9.17) is 10.5 Å². The first-order chi connectivity index (χ1) is 11.5. The molecule has 0 saturated heterocycles. The lowest BCUT2D eigenvalue weighted by Crippen LogP contribution is -2.16. The molecule has 0 aromatic heterocycles. The van der Waals surface area contributed by atoms with Crippen LogP contribution in [0.4, 0.5) is 0 Å². The molecule has 24 heavy (non-hydrogen) atoms. The molecule has 2 aromatic rings. The first-order valence-electron chi connectivity index (χ1n) is 8.36. The number of carbonyl (C=O) groups is 1. The van der Waals surface area contributed by atoms with Gasteiger partial charge in [0.2, 0.25) is 5.91 Å². The molecular weight excluding hydrogens is 300 g/mol. The SMILES string of the molecule is CC(C)CCNCc1ccc(COc2cccc(C(N)=O)c2)cc1. The fourth-order valence-corrected chi connectivity index (χ4v) is 2.28. The van der Waals surface area contributed by atoms with E-state index >= 15 is 0 Å². The molecule has 4 heteroatoms. The minimum Gasteiger partial charge on any atom is -0.489 e. The lowest BCUT2D eigenvalue weighted by atomic mass is 10.1. The average molecular weight is 326 g/mol. The van der Waals surface area contributed by atoms with Crippen LogP contribution in [0.15, 0.2) is 48.5 Å². The van der Waals surface area contributed by atoms with Crippen LogP contribution in [0.1, 0.15) is 41.8 Å². The van der Waals surface area contributed by atoms with Gasteiger partial charge in [-0.3, -0.25) is 4.79 Å². The van der Waals surface area contributed by atoms with Gasteiger partial charge < -0.3 is 15.8 Å². The van der Waals surface area contributed by atoms with Crippen LogP contribution >= 0.6 is 0 Å². The summed E-state index contributed by atoms with van der Waals surface area (Å²) in [5.41, 5.74) is 8.08. The fourth-order valence-electron chi connectivity index (χ4n) is 2.28. The summed E-state index contributed by atoms with van der Waals surface area (Å²) in [5.74, 6) is 0.922. The largest absolute Gasteiger partial charge is 0.489 e. The fraction of sp³-hybridized carbons (Fsp3) is 0.350. The molecule has 0 fully saturated rings. The molecule has 0 heterocycles. The Kier molecular flexibility index (Phi) is 6.82. The molecule has 3 N–H and O–H groups in total. The predicted molar refractivity (Wildman–Crippen MR) is 96.9 cm³/mol. The molecule has 0 unspecified atom stereocenters. The van der Waals surface area contributed by atoms with E-state index in [9.17, 15) is 4.79 Å². The number of nitrogens with two attached hydrogens (primary N) is 1. The first kappa shape index (κ1) is 18.0. The molecule has 0 aliphatic heterocycles. The van der Waals surface area contributed by atoms with E-state index in [1.54, 1.807) is 18.2 Å². The van der Waals surface area contributed by atoms with Crippen molar-refractivity contribution in [3.8, 4) is 5.75 Å². The summed E-state index contributed by atoms with van der Waals surface area (Å²) in [4.78, 5) is 11.2. The Hall–Kier alpha value is -2.33. The highest BCUT2D eigenvalue weighted by Gasteiger charge is 2.03. The highest BCUT2D eigenvalue weighted by atomic mass is 16.5. The predicted octanol–water partition coefficient (Wildman–Crippen LogP) is 3.50. The van der Waals surface area contributed by atoms with Crippen LogP contribution in [0, 0.1) is 5.92 Å². The number of benzene rings is 2. The molecule has 128 valence electrons. The van der Waals surface area contributed by atoms with Crippen molar-refractivity contribution in [1.29, 1.82) is 0 Å². The Morgan fingerprint density at radius 3 is 2.50 bits per heavy atom. The second kappa shape index (κ2) is 9.08. The van der Waals surface area contributed by atoms with Crippen molar-refractivity contribution in [1.82, 2.24) is 5.32 Å². The van der Waals surface area contributed by atoms with Gasteiger partial charge in [-0.15, -0.1) is 0 Å². The van der Waals surface area contributed by atoms with Gasteiger partial charge >= 0.3 is 0 Å². The highest BCUT2D eigenvalue weighted by Crippen LogP contribution is 2.15. The average Bonchev–Trinajstić information content (AvgIpc) is 2.58. The zero-order valence-electron chi connectivity index (χ0n) is 14.4. The molecule has 0 atom stereocenters. The summed E-state index contributed by atoms with van der Waals surface area (Å²) >= 11 is 0. The molecule has 2 rings (SSSR count). The van der Waals surface area contributed by atoms with Gasteiger partial charge in [-0.1, -0.05) is 44.2 Å². The van der Waals surface area contributed by atoms with E-state index in [2.05, 4.69) is 43.4 Å². The van der Waals surface area contributed by atoms with Crippen LogP contribution in [0.3, 0.4) is 0 Å². The quantitative estimate of drug-likeness (QED) is 0.693. The summed E-state index contributed by atoms with van der Waals surface area (Å²) in [5, 5.41) is 3.45. The molecule has 0 spiro atoms. The summed E-state index contributed by atoms with van der Waals surface area (Å²) < 4.78 is 5.72. The standard InChI is InChI=1S/C20H26N2O2/c1-15(2)10-11-22-13-16-6-8-17(9-7-16)14-24-19-5-3-4-18(12-19)20(21)23/h3-9,12,15,22H,10-11,13-14H2,1-2H3,(H2,21,23). The molecule has 0 aliphatic rings. The van der Waals surface area contributed by atoms with Gasteiger partial charge in [0.05, 0.1) is 0 Å². The molecular formula is C20H26N2O2. The first-order valence-corrected chi connectivity index (χ1v) is 8.36. The number of hydrogen-bond donors (Lipinski definition) is 2. The van der Waals surface area contributed by atoms with Crippen molar-refractivity contribution < 1.29 is 9.53 Å². The number of amides is 1. The summed E-state index contributed by atoms with van der Waals surface area (Å²) in [7, 11) is 0. The number of rotatable bonds is 9. The van der Waals surface area contributed by atoms with Gasteiger partial charge in [-0.05, 0) is 48.2 Å². The van der Waals surface area contributed by atoms with Crippen molar-refractivity contribution in [2.45, 2.75) is 33.4 Å². The topological polar surface area (TPSA) is 64.3 Å². The van der Waals surface area contributed by atoms with Crippen LogP contribution in [0.5, 0.6) is 5.75 Å². The molecule has 0 radical (unpaired) electrons. The third-order valence-corrected chi connectivity index (χ3v) is 3.77. The summed E-state index contributed by atoms with van der Waals surface area (Å²) in [6, 6.07) is 15.3. The highest BCUT2D eigenvalue weighted by molar-refractivity contribution is 5.93. The molecule has 4 nitrogen and oxygen atoms in total. The van der Waals surface area contributed by atoms with Crippen LogP contribution < -0.4 is 15.8 Å². The zero-order valence-corrected chi connectivity index (χ0v) is 14.4. The van der Waals surface area contributed by atoms with E-state index in [0.29, 0.717) is 17.9 Å². The number of ether oxygens (including phenoxy) is 1. The minimum absolute atomic E-state index is 0.449. The Bertz CT molecular complexity index is 651. The lowest BCUT2D eigenvalue weighted by Gasteiger charge is -2.09. The van der Waals surface area contributed by atoms with Crippen molar-refractivity contribution in [3.05, 3.63) is 65.2 Å². The Balaban J connectivity index is 1.81. The molecule has 0 bridgehead atoms. The molecule has 0 aliphatic carbocycles. The third kappa shape index (κ3) is 6.05.